The van der Waals surface area contributed by atoms with Gasteiger partial charge in [0.05, 0.1) is 13.3 Å². The molecular formula is C10H17N3O. The zero-order chi connectivity index (χ0) is 10.6. The van der Waals surface area contributed by atoms with Crippen LogP contribution < -0.4 is 15.8 Å². The largest absolute Gasteiger partial charge is 0.495 e. The first-order chi connectivity index (χ1) is 6.57. The van der Waals surface area contributed by atoms with Crippen molar-refractivity contribution in [1.29, 1.82) is 0 Å². The number of nitrogens with two attached hydrogens (primary N) is 1. The smallest absolute Gasteiger partial charge is 0.137 e. The molecule has 1 aromatic rings. The van der Waals surface area contributed by atoms with E-state index in [0.717, 1.165) is 11.6 Å². The van der Waals surface area contributed by atoms with Crippen LogP contribution >= 0.6 is 0 Å². The van der Waals surface area contributed by atoms with E-state index in [1.165, 1.54) is 0 Å². The number of aromatic nitrogens is 1. The van der Waals surface area contributed by atoms with Gasteiger partial charge in [-0.3, -0.25) is 0 Å². The zero-order valence-corrected chi connectivity index (χ0v) is 8.87. The van der Waals surface area contributed by atoms with Gasteiger partial charge in [-0.05, 0) is 26.0 Å². The van der Waals surface area contributed by atoms with Crippen molar-refractivity contribution in [3.63, 3.8) is 0 Å². The van der Waals surface area contributed by atoms with Crippen LogP contribution in [0, 0.1) is 0 Å². The highest BCUT2D eigenvalue weighted by atomic mass is 16.5. The number of hydrogen-bond acceptors (Lipinski definition) is 4. The molecule has 4 nitrogen and oxygen atoms in total. The highest BCUT2D eigenvalue weighted by molar-refractivity contribution is 5.39. The maximum Gasteiger partial charge on any atom is 0.137 e. The summed E-state index contributed by atoms with van der Waals surface area (Å²) in [6, 6.07) is 3.73. The lowest BCUT2D eigenvalue weighted by Gasteiger charge is -2.24. The van der Waals surface area contributed by atoms with E-state index in [1.807, 2.05) is 26.0 Å². The number of nitrogens with zero attached hydrogens (tertiary/aromatic N) is 1. The van der Waals surface area contributed by atoms with E-state index in [2.05, 4.69) is 10.3 Å². The number of pyridine rings is 1. The second-order valence-electron chi connectivity index (χ2n) is 3.80. The molecule has 0 aromatic carbocycles. The van der Waals surface area contributed by atoms with E-state index in [4.69, 9.17) is 10.5 Å². The Morgan fingerprint density at radius 1 is 1.50 bits per heavy atom. The second-order valence-corrected chi connectivity index (χ2v) is 3.80. The average Bonchev–Trinajstić information content (AvgIpc) is 2.19. The van der Waals surface area contributed by atoms with Crippen molar-refractivity contribution in [3.8, 4) is 5.75 Å². The van der Waals surface area contributed by atoms with Crippen molar-refractivity contribution in [3.05, 3.63) is 18.3 Å². The van der Waals surface area contributed by atoms with Crippen LogP contribution in [0.4, 0.5) is 5.82 Å². The summed E-state index contributed by atoms with van der Waals surface area (Å²) in [4.78, 5) is 4.19. The Bertz CT molecular complexity index is 282. The lowest BCUT2D eigenvalue weighted by atomic mass is 10.1. The van der Waals surface area contributed by atoms with Crippen LogP contribution in [-0.4, -0.2) is 24.2 Å². The van der Waals surface area contributed by atoms with E-state index in [-0.39, 0.29) is 5.54 Å². The second kappa shape index (κ2) is 4.28. The van der Waals surface area contributed by atoms with Crippen LogP contribution in [-0.2, 0) is 0 Å². The topological polar surface area (TPSA) is 60.2 Å². The van der Waals surface area contributed by atoms with Gasteiger partial charge in [0.1, 0.15) is 11.6 Å². The molecule has 14 heavy (non-hydrogen) atoms. The zero-order valence-electron chi connectivity index (χ0n) is 8.87. The van der Waals surface area contributed by atoms with Crippen LogP contribution in [0.3, 0.4) is 0 Å². The van der Waals surface area contributed by atoms with Gasteiger partial charge in [-0.15, -0.1) is 0 Å². The van der Waals surface area contributed by atoms with Gasteiger partial charge in [0, 0.05) is 12.1 Å². The molecule has 0 amide bonds. The Morgan fingerprint density at radius 2 is 2.21 bits per heavy atom. The van der Waals surface area contributed by atoms with Gasteiger partial charge in [-0.1, -0.05) is 0 Å². The highest BCUT2D eigenvalue weighted by Gasteiger charge is 2.14. The minimum atomic E-state index is -0.137. The molecule has 0 spiro atoms. The summed E-state index contributed by atoms with van der Waals surface area (Å²) in [6.07, 6.45) is 1.68. The van der Waals surface area contributed by atoms with Crippen molar-refractivity contribution in [2.75, 3.05) is 19.0 Å². The Labute approximate surface area is 84.5 Å². The van der Waals surface area contributed by atoms with Gasteiger partial charge in [-0.25, -0.2) is 4.98 Å². The Balaban J connectivity index is 2.69. The molecule has 0 aliphatic rings. The molecule has 0 radical (unpaired) electrons. The molecule has 0 saturated heterocycles. The fourth-order valence-corrected chi connectivity index (χ4v) is 0.973. The molecule has 0 fully saturated rings. The van der Waals surface area contributed by atoms with Gasteiger partial charge in [0.25, 0.3) is 0 Å². The molecule has 0 bridgehead atoms. The summed E-state index contributed by atoms with van der Waals surface area (Å²) in [5.41, 5.74) is 5.46. The van der Waals surface area contributed by atoms with Crippen LogP contribution in [0.25, 0.3) is 0 Å². The third-order valence-electron chi connectivity index (χ3n) is 1.95. The Morgan fingerprint density at radius 3 is 2.64 bits per heavy atom. The van der Waals surface area contributed by atoms with Crippen molar-refractivity contribution in [1.82, 2.24) is 4.98 Å². The molecule has 78 valence electrons. The SMILES string of the molecule is COc1ccc(NC(C)(C)CN)nc1. The van der Waals surface area contributed by atoms with Crippen molar-refractivity contribution < 1.29 is 4.74 Å². The molecule has 1 heterocycles. The Kier molecular flexibility index (Phi) is 3.30. The first-order valence-electron chi connectivity index (χ1n) is 4.56. The van der Waals surface area contributed by atoms with E-state index in [9.17, 15) is 0 Å². The minimum absolute atomic E-state index is 0.137. The molecule has 4 heteroatoms. The third kappa shape index (κ3) is 2.88. The van der Waals surface area contributed by atoms with Gasteiger partial charge in [0.15, 0.2) is 0 Å². The van der Waals surface area contributed by atoms with E-state index in [0.29, 0.717) is 6.54 Å². The lowest BCUT2D eigenvalue weighted by molar-refractivity contribution is 0.413. The molecule has 3 N–H and O–H groups in total. The normalized spacial score (nSPS) is 11.1. The molecule has 0 unspecified atom stereocenters. The molecule has 0 aliphatic heterocycles. The number of hydrogen-bond donors (Lipinski definition) is 2. The summed E-state index contributed by atoms with van der Waals surface area (Å²) in [5.74, 6) is 1.56. The van der Waals surface area contributed by atoms with Gasteiger partial charge < -0.3 is 15.8 Å². The van der Waals surface area contributed by atoms with Gasteiger partial charge >= 0.3 is 0 Å². The van der Waals surface area contributed by atoms with Crippen LogP contribution in [0.1, 0.15) is 13.8 Å². The summed E-state index contributed by atoms with van der Waals surface area (Å²) in [7, 11) is 1.62. The number of nitrogens with one attached hydrogen (secondary N) is 1. The fraction of sp³-hybridized carbons (Fsp3) is 0.500. The fourth-order valence-electron chi connectivity index (χ4n) is 0.973. The quantitative estimate of drug-likeness (QED) is 0.758. The maximum atomic E-state index is 5.60. The molecule has 0 saturated carbocycles. The van der Waals surface area contributed by atoms with Gasteiger partial charge in [-0.2, -0.15) is 0 Å². The molecule has 1 aromatic heterocycles. The molecule has 1 rings (SSSR count). The van der Waals surface area contributed by atoms with Crippen LogP contribution in [0.15, 0.2) is 18.3 Å². The average molecular weight is 195 g/mol. The first kappa shape index (κ1) is 10.8. The van der Waals surface area contributed by atoms with E-state index < -0.39 is 0 Å². The van der Waals surface area contributed by atoms with Crippen molar-refractivity contribution in [2.45, 2.75) is 19.4 Å². The monoisotopic (exact) mass is 195 g/mol. The number of ether oxygens (including phenoxy) is 1. The van der Waals surface area contributed by atoms with Gasteiger partial charge in [0.2, 0.25) is 0 Å². The molecular weight excluding hydrogens is 178 g/mol. The summed E-state index contributed by atoms with van der Waals surface area (Å²) < 4.78 is 5.01. The maximum absolute atomic E-state index is 5.60. The van der Waals surface area contributed by atoms with E-state index >= 15 is 0 Å². The number of rotatable bonds is 4. The number of anilines is 1. The lowest BCUT2D eigenvalue weighted by Crippen LogP contribution is -2.39. The standard InChI is InChI=1S/C10H17N3O/c1-10(2,7-11)13-9-5-4-8(14-3)6-12-9/h4-6H,7,11H2,1-3H3,(H,12,13). The summed E-state index contributed by atoms with van der Waals surface area (Å²) in [5, 5.41) is 3.23. The predicted octanol–water partition coefficient (Wildman–Crippen LogP) is 1.24. The predicted molar refractivity (Wildman–Crippen MR) is 57.5 cm³/mol. The van der Waals surface area contributed by atoms with Crippen LogP contribution in [0.5, 0.6) is 5.75 Å². The number of methoxy groups -OCH3 is 1. The summed E-state index contributed by atoms with van der Waals surface area (Å²) in [6.45, 7) is 4.61. The van der Waals surface area contributed by atoms with Crippen molar-refractivity contribution >= 4 is 5.82 Å². The third-order valence-corrected chi connectivity index (χ3v) is 1.95. The Hall–Kier alpha value is -1.29. The van der Waals surface area contributed by atoms with E-state index in [1.54, 1.807) is 13.3 Å². The molecule has 0 aliphatic carbocycles. The molecule has 0 atom stereocenters. The summed E-state index contributed by atoms with van der Waals surface area (Å²) >= 11 is 0. The van der Waals surface area contributed by atoms with Crippen LogP contribution in [0.2, 0.25) is 0 Å². The first-order valence-corrected chi connectivity index (χ1v) is 4.56. The minimum Gasteiger partial charge on any atom is -0.495 e. The highest BCUT2D eigenvalue weighted by Crippen LogP contribution is 2.14. The van der Waals surface area contributed by atoms with Crippen molar-refractivity contribution in [2.24, 2.45) is 5.73 Å².